The van der Waals surface area contributed by atoms with Gasteiger partial charge in [0.15, 0.2) is 0 Å². The van der Waals surface area contributed by atoms with Crippen LogP contribution >= 0.6 is 0 Å². The summed E-state index contributed by atoms with van der Waals surface area (Å²) in [5.41, 5.74) is 1.03. The highest BCUT2D eigenvalue weighted by atomic mass is 16.5. The summed E-state index contributed by atoms with van der Waals surface area (Å²) in [5, 5.41) is 0. The molecule has 5 nitrogen and oxygen atoms in total. The second-order valence-electron chi connectivity index (χ2n) is 6.22. The van der Waals surface area contributed by atoms with Gasteiger partial charge in [0.25, 0.3) is 0 Å². The normalized spacial score (nSPS) is 25.6. The molecule has 0 bridgehead atoms. The minimum Gasteiger partial charge on any atom is -0.369 e. The van der Waals surface area contributed by atoms with Gasteiger partial charge in [0.2, 0.25) is 11.8 Å². The molecule has 0 radical (unpaired) electrons. The van der Waals surface area contributed by atoms with Crippen molar-refractivity contribution in [2.24, 2.45) is 5.92 Å². The summed E-state index contributed by atoms with van der Waals surface area (Å²) in [5.74, 6) is 0.445. The van der Waals surface area contributed by atoms with Crippen LogP contribution in [0.2, 0.25) is 0 Å². The fraction of sp³-hybridized carbons (Fsp3) is 0.529. The van der Waals surface area contributed by atoms with Crippen LogP contribution in [0.4, 0.5) is 0 Å². The first-order valence-corrected chi connectivity index (χ1v) is 7.85. The van der Waals surface area contributed by atoms with Gasteiger partial charge >= 0.3 is 0 Å². The zero-order chi connectivity index (χ0) is 15.5. The average Bonchev–Trinajstić information content (AvgIpc) is 2.96. The SMILES string of the molecule is C[C@H]1CCN(C(=O)[C@H]2COCC(=O)N2Cc2ccccc2)C1. The number of amides is 2. The molecule has 2 heterocycles. The van der Waals surface area contributed by atoms with E-state index in [-0.39, 0.29) is 18.4 Å². The van der Waals surface area contributed by atoms with E-state index in [0.717, 1.165) is 25.1 Å². The molecule has 2 aliphatic rings. The molecule has 118 valence electrons. The molecule has 0 N–H and O–H groups in total. The summed E-state index contributed by atoms with van der Waals surface area (Å²) in [6.45, 7) is 4.53. The third-order valence-electron chi connectivity index (χ3n) is 4.41. The first kappa shape index (κ1) is 15.0. The molecule has 2 fully saturated rings. The van der Waals surface area contributed by atoms with E-state index in [1.807, 2.05) is 35.2 Å². The summed E-state index contributed by atoms with van der Waals surface area (Å²) in [6.07, 6.45) is 1.03. The molecule has 2 atom stereocenters. The molecule has 22 heavy (non-hydrogen) atoms. The van der Waals surface area contributed by atoms with Crippen molar-refractivity contribution in [3.63, 3.8) is 0 Å². The van der Waals surface area contributed by atoms with Gasteiger partial charge in [-0.3, -0.25) is 9.59 Å². The van der Waals surface area contributed by atoms with Crippen LogP contribution in [0.3, 0.4) is 0 Å². The van der Waals surface area contributed by atoms with E-state index in [1.54, 1.807) is 4.90 Å². The van der Waals surface area contributed by atoms with E-state index < -0.39 is 6.04 Å². The molecular weight excluding hydrogens is 280 g/mol. The van der Waals surface area contributed by atoms with Gasteiger partial charge in [0.1, 0.15) is 12.6 Å². The largest absolute Gasteiger partial charge is 0.369 e. The number of nitrogens with zero attached hydrogens (tertiary/aromatic N) is 2. The van der Waals surface area contributed by atoms with Crippen molar-refractivity contribution in [2.45, 2.75) is 25.9 Å². The van der Waals surface area contributed by atoms with Gasteiger partial charge in [-0.05, 0) is 17.9 Å². The maximum Gasteiger partial charge on any atom is 0.249 e. The Hall–Kier alpha value is -1.88. The Morgan fingerprint density at radius 1 is 1.32 bits per heavy atom. The highest BCUT2D eigenvalue weighted by Gasteiger charge is 2.37. The van der Waals surface area contributed by atoms with E-state index in [9.17, 15) is 9.59 Å². The average molecular weight is 302 g/mol. The van der Waals surface area contributed by atoms with Crippen LogP contribution < -0.4 is 0 Å². The van der Waals surface area contributed by atoms with Crippen LogP contribution in [0.1, 0.15) is 18.9 Å². The zero-order valence-corrected chi connectivity index (χ0v) is 12.9. The lowest BCUT2D eigenvalue weighted by atomic mass is 10.1. The van der Waals surface area contributed by atoms with Gasteiger partial charge in [-0.1, -0.05) is 37.3 Å². The number of morpholine rings is 1. The number of hydrogen-bond acceptors (Lipinski definition) is 3. The third kappa shape index (κ3) is 3.14. The van der Waals surface area contributed by atoms with Crippen molar-refractivity contribution < 1.29 is 14.3 Å². The van der Waals surface area contributed by atoms with Crippen molar-refractivity contribution in [1.82, 2.24) is 9.80 Å². The number of hydrogen-bond donors (Lipinski definition) is 0. The van der Waals surface area contributed by atoms with Gasteiger partial charge in [0.05, 0.1) is 6.61 Å². The van der Waals surface area contributed by atoms with Gasteiger partial charge in [0, 0.05) is 19.6 Å². The predicted molar refractivity (Wildman–Crippen MR) is 82.0 cm³/mol. The Labute approximate surface area is 130 Å². The minimum absolute atomic E-state index is 0.0216. The molecule has 2 saturated heterocycles. The number of likely N-dealkylation sites (tertiary alicyclic amines) is 1. The van der Waals surface area contributed by atoms with E-state index >= 15 is 0 Å². The molecule has 0 aromatic heterocycles. The fourth-order valence-electron chi connectivity index (χ4n) is 3.13. The lowest BCUT2D eigenvalue weighted by molar-refractivity contribution is -0.159. The second-order valence-corrected chi connectivity index (χ2v) is 6.22. The van der Waals surface area contributed by atoms with Crippen LogP contribution in [0.5, 0.6) is 0 Å². The summed E-state index contributed by atoms with van der Waals surface area (Å²) >= 11 is 0. The lowest BCUT2D eigenvalue weighted by Gasteiger charge is -2.36. The second kappa shape index (κ2) is 6.48. The summed E-state index contributed by atoms with van der Waals surface area (Å²) in [7, 11) is 0. The molecule has 2 amide bonds. The van der Waals surface area contributed by atoms with E-state index in [4.69, 9.17) is 4.74 Å². The van der Waals surface area contributed by atoms with Crippen molar-refractivity contribution in [2.75, 3.05) is 26.3 Å². The number of carbonyl (C=O) groups is 2. The van der Waals surface area contributed by atoms with Crippen molar-refractivity contribution in [3.8, 4) is 0 Å². The standard InChI is InChI=1S/C17H22N2O3/c1-13-7-8-18(9-13)17(21)15-11-22-12-16(20)19(15)10-14-5-3-2-4-6-14/h2-6,13,15H,7-12H2,1H3/t13-,15+/m0/s1. The maximum absolute atomic E-state index is 12.7. The van der Waals surface area contributed by atoms with Gasteiger partial charge in [-0.25, -0.2) is 0 Å². The molecule has 0 aliphatic carbocycles. The first-order valence-electron chi connectivity index (χ1n) is 7.85. The fourth-order valence-corrected chi connectivity index (χ4v) is 3.13. The Morgan fingerprint density at radius 3 is 2.77 bits per heavy atom. The number of benzene rings is 1. The molecule has 0 saturated carbocycles. The maximum atomic E-state index is 12.7. The van der Waals surface area contributed by atoms with Gasteiger partial charge in [-0.15, -0.1) is 0 Å². The molecular formula is C17H22N2O3. The summed E-state index contributed by atoms with van der Waals surface area (Å²) in [6, 6.07) is 9.29. The van der Waals surface area contributed by atoms with E-state index in [2.05, 4.69) is 6.92 Å². The number of ether oxygens (including phenoxy) is 1. The molecule has 3 rings (SSSR count). The molecule has 1 aromatic rings. The van der Waals surface area contributed by atoms with Crippen molar-refractivity contribution >= 4 is 11.8 Å². The van der Waals surface area contributed by atoms with Crippen LogP contribution in [0, 0.1) is 5.92 Å². The zero-order valence-electron chi connectivity index (χ0n) is 12.9. The number of carbonyl (C=O) groups excluding carboxylic acids is 2. The van der Waals surface area contributed by atoms with Crippen LogP contribution in [0.15, 0.2) is 30.3 Å². The first-order chi connectivity index (χ1) is 10.6. The van der Waals surface area contributed by atoms with E-state index in [0.29, 0.717) is 19.1 Å². The van der Waals surface area contributed by atoms with Crippen molar-refractivity contribution in [3.05, 3.63) is 35.9 Å². The Balaban J connectivity index is 1.75. The molecule has 1 aromatic carbocycles. The number of rotatable bonds is 3. The predicted octanol–water partition coefficient (Wildman–Crippen LogP) is 1.28. The molecule has 0 unspecified atom stereocenters. The molecule has 2 aliphatic heterocycles. The quantitative estimate of drug-likeness (QED) is 0.845. The Kier molecular flexibility index (Phi) is 4.43. The van der Waals surface area contributed by atoms with Gasteiger partial charge in [-0.2, -0.15) is 0 Å². The summed E-state index contributed by atoms with van der Waals surface area (Å²) in [4.78, 5) is 28.5. The van der Waals surface area contributed by atoms with E-state index in [1.165, 1.54) is 0 Å². The van der Waals surface area contributed by atoms with Crippen LogP contribution in [0.25, 0.3) is 0 Å². The van der Waals surface area contributed by atoms with Gasteiger partial charge < -0.3 is 14.5 Å². The topological polar surface area (TPSA) is 49.9 Å². The highest BCUT2D eigenvalue weighted by molar-refractivity contribution is 5.89. The monoisotopic (exact) mass is 302 g/mol. The van der Waals surface area contributed by atoms with Crippen LogP contribution in [-0.4, -0.2) is 54.0 Å². The highest BCUT2D eigenvalue weighted by Crippen LogP contribution is 2.20. The molecule has 5 heteroatoms. The smallest absolute Gasteiger partial charge is 0.249 e. The van der Waals surface area contributed by atoms with Crippen LogP contribution in [-0.2, 0) is 20.9 Å². The van der Waals surface area contributed by atoms with Crippen molar-refractivity contribution in [1.29, 1.82) is 0 Å². The minimum atomic E-state index is -0.494. The Morgan fingerprint density at radius 2 is 2.09 bits per heavy atom. The molecule has 0 spiro atoms. The third-order valence-corrected chi connectivity index (χ3v) is 4.41. The summed E-state index contributed by atoms with van der Waals surface area (Å²) < 4.78 is 5.33. The lowest BCUT2D eigenvalue weighted by Crippen LogP contribution is -2.56. The Bertz CT molecular complexity index is 546.